The fourth-order valence-electron chi connectivity index (χ4n) is 5.64. The summed E-state index contributed by atoms with van der Waals surface area (Å²) in [7, 11) is 0. The van der Waals surface area contributed by atoms with E-state index < -0.39 is 0 Å². The van der Waals surface area contributed by atoms with Crippen molar-refractivity contribution < 1.29 is 0 Å². The maximum atomic E-state index is 2.44. The number of fused-ring (bicyclic) bond motifs is 10. The molecule has 0 radical (unpaired) electrons. The molecule has 0 amide bonds. The summed E-state index contributed by atoms with van der Waals surface area (Å²) < 4.78 is 5.16. The minimum Gasteiger partial charge on any atom is -0.309 e. The van der Waals surface area contributed by atoms with Crippen molar-refractivity contribution in [3.63, 3.8) is 0 Å². The monoisotopic (exact) mass is 449 g/mol. The van der Waals surface area contributed by atoms with E-state index in [4.69, 9.17) is 0 Å². The molecule has 2 heteroatoms. The fraction of sp³-hybridized carbons (Fsp3) is 0. The van der Waals surface area contributed by atoms with Gasteiger partial charge in [0.05, 0.1) is 11.0 Å². The molecular formula is C32H19NS. The zero-order valence-corrected chi connectivity index (χ0v) is 19.1. The SMILES string of the molecule is c1ccc2c(c1)ccc1ccc(-n3c4ccccc4c4c5sc6ccccc6c5ccc43)cc12. The summed E-state index contributed by atoms with van der Waals surface area (Å²) in [5, 5.41) is 10.5. The molecule has 0 saturated heterocycles. The van der Waals surface area contributed by atoms with Gasteiger partial charge in [-0.15, -0.1) is 11.3 Å². The predicted octanol–water partition coefficient (Wildman–Crippen LogP) is 9.46. The highest BCUT2D eigenvalue weighted by molar-refractivity contribution is 7.26. The first-order valence-electron chi connectivity index (χ1n) is 11.6. The summed E-state index contributed by atoms with van der Waals surface area (Å²) in [6.45, 7) is 0. The second-order valence-corrected chi connectivity index (χ2v) is 10.0. The Morgan fingerprint density at radius 1 is 0.471 bits per heavy atom. The lowest BCUT2D eigenvalue weighted by Crippen LogP contribution is -1.94. The number of thiophene rings is 1. The van der Waals surface area contributed by atoms with E-state index in [9.17, 15) is 0 Å². The summed E-state index contributed by atoms with van der Waals surface area (Å²) in [5.41, 5.74) is 3.72. The van der Waals surface area contributed by atoms with E-state index in [2.05, 4.69) is 120 Å². The number of para-hydroxylation sites is 1. The lowest BCUT2D eigenvalue weighted by molar-refractivity contribution is 1.19. The fourth-order valence-corrected chi connectivity index (χ4v) is 6.90. The van der Waals surface area contributed by atoms with E-state index in [-0.39, 0.29) is 0 Å². The molecule has 8 rings (SSSR count). The van der Waals surface area contributed by atoms with Crippen LogP contribution in [0, 0.1) is 0 Å². The van der Waals surface area contributed by atoms with E-state index >= 15 is 0 Å². The number of hydrogen-bond donors (Lipinski definition) is 0. The molecule has 0 saturated carbocycles. The molecule has 0 aliphatic heterocycles. The van der Waals surface area contributed by atoms with Crippen molar-refractivity contribution in [3.8, 4) is 5.69 Å². The summed E-state index contributed by atoms with van der Waals surface area (Å²) in [4.78, 5) is 0. The van der Waals surface area contributed by atoms with Gasteiger partial charge in [-0.2, -0.15) is 0 Å². The molecule has 0 unspecified atom stereocenters. The van der Waals surface area contributed by atoms with E-state index in [1.807, 2.05) is 11.3 Å². The summed E-state index contributed by atoms with van der Waals surface area (Å²) in [6.07, 6.45) is 0. The molecule has 1 nitrogen and oxygen atoms in total. The van der Waals surface area contributed by atoms with Gasteiger partial charge in [-0.05, 0) is 51.9 Å². The van der Waals surface area contributed by atoms with Gasteiger partial charge in [0.2, 0.25) is 0 Å². The van der Waals surface area contributed by atoms with Crippen LogP contribution in [0.15, 0.2) is 115 Å². The lowest BCUT2D eigenvalue weighted by atomic mass is 10.0. The number of benzene rings is 6. The molecular weight excluding hydrogens is 430 g/mol. The van der Waals surface area contributed by atoms with Gasteiger partial charge in [0.1, 0.15) is 0 Å². The van der Waals surface area contributed by atoms with Crippen LogP contribution in [0.3, 0.4) is 0 Å². The quantitative estimate of drug-likeness (QED) is 0.220. The Kier molecular flexibility index (Phi) is 3.60. The number of hydrogen-bond acceptors (Lipinski definition) is 1. The number of aromatic nitrogens is 1. The largest absolute Gasteiger partial charge is 0.309 e. The van der Waals surface area contributed by atoms with E-state index in [1.165, 1.54) is 69.2 Å². The molecule has 0 spiro atoms. The zero-order valence-electron chi connectivity index (χ0n) is 18.3. The first kappa shape index (κ1) is 18.3. The van der Waals surface area contributed by atoms with E-state index in [1.54, 1.807) is 0 Å². The van der Waals surface area contributed by atoms with Crippen molar-refractivity contribution in [2.75, 3.05) is 0 Å². The summed E-state index contributed by atoms with van der Waals surface area (Å²) in [5.74, 6) is 0. The summed E-state index contributed by atoms with van der Waals surface area (Å²) >= 11 is 1.91. The van der Waals surface area contributed by atoms with Gasteiger partial charge in [0.15, 0.2) is 0 Å². The molecule has 0 N–H and O–H groups in total. The Labute approximate surface area is 200 Å². The van der Waals surface area contributed by atoms with Crippen LogP contribution in [-0.2, 0) is 0 Å². The average molecular weight is 450 g/mol. The van der Waals surface area contributed by atoms with Crippen LogP contribution in [0.4, 0.5) is 0 Å². The average Bonchev–Trinajstić information content (AvgIpc) is 3.44. The highest BCUT2D eigenvalue weighted by Crippen LogP contribution is 2.43. The maximum absolute atomic E-state index is 2.44. The normalized spacial score (nSPS) is 12.1. The summed E-state index contributed by atoms with van der Waals surface area (Å²) in [6, 6.07) is 42.2. The van der Waals surface area contributed by atoms with Gasteiger partial charge in [-0.25, -0.2) is 0 Å². The third-order valence-electron chi connectivity index (χ3n) is 7.17. The van der Waals surface area contributed by atoms with Crippen LogP contribution >= 0.6 is 11.3 Å². The first-order chi connectivity index (χ1) is 16.9. The molecule has 158 valence electrons. The van der Waals surface area contributed by atoms with E-state index in [0.29, 0.717) is 0 Å². The van der Waals surface area contributed by atoms with Gasteiger partial charge >= 0.3 is 0 Å². The Morgan fingerprint density at radius 2 is 1.18 bits per heavy atom. The van der Waals surface area contributed by atoms with Gasteiger partial charge in [0.25, 0.3) is 0 Å². The highest BCUT2D eigenvalue weighted by atomic mass is 32.1. The molecule has 34 heavy (non-hydrogen) atoms. The van der Waals surface area contributed by atoms with Gasteiger partial charge < -0.3 is 4.57 Å². The Hall–Kier alpha value is -4.14. The molecule has 0 atom stereocenters. The Bertz CT molecular complexity index is 2070. The van der Waals surface area contributed by atoms with Crippen LogP contribution in [0.2, 0.25) is 0 Å². The molecule has 0 bridgehead atoms. The molecule has 2 aromatic heterocycles. The minimum absolute atomic E-state index is 1.20. The zero-order chi connectivity index (χ0) is 22.2. The molecule has 0 fully saturated rings. The second-order valence-electron chi connectivity index (χ2n) is 8.98. The maximum Gasteiger partial charge on any atom is 0.0555 e. The topological polar surface area (TPSA) is 4.93 Å². The Balaban J connectivity index is 1.53. The van der Waals surface area contributed by atoms with Crippen molar-refractivity contribution in [3.05, 3.63) is 115 Å². The van der Waals surface area contributed by atoms with Crippen molar-refractivity contribution in [2.45, 2.75) is 0 Å². The molecule has 2 heterocycles. The minimum atomic E-state index is 1.20. The molecule has 0 aliphatic carbocycles. The van der Waals surface area contributed by atoms with Gasteiger partial charge in [-0.3, -0.25) is 0 Å². The van der Waals surface area contributed by atoms with Crippen molar-refractivity contribution >= 4 is 74.9 Å². The number of nitrogens with zero attached hydrogens (tertiary/aromatic N) is 1. The third-order valence-corrected chi connectivity index (χ3v) is 8.37. The first-order valence-corrected chi connectivity index (χ1v) is 12.4. The Morgan fingerprint density at radius 3 is 2.09 bits per heavy atom. The van der Waals surface area contributed by atoms with Crippen LogP contribution in [0.5, 0.6) is 0 Å². The third kappa shape index (κ3) is 2.38. The van der Waals surface area contributed by atoms with Crippen LogP contribution in [0.1, 0.15) is 0 Å². The van der Waals surface area contributed by atoms with E-state index in [0.717, 1.165) is 0 Å². The van der Waals surface area contributed by atoms with Crippen molar-refractivity contribution in [2.24, 2.45) is 0 Å². The number of rotatable bonds is 1. The highest BCUT2D eigenvalue weighted by Gasteiger charge is 2.17. The van der Waals surface area contributed by atoms with Gasteiger partial charge in [0, 0.05) is 36.6 Å². The lowest BCUT2D eigenvalue weighted by Gasteiger charge is -2.11. The van der Waals surface area contributed by atoms with Crippen LogP contribution in [-0.4, -0.2) is 4.57 Å². The predicted molar refractivity (Wildman–Crippen MR) is 149 cm³/mol. The molecule has 8 aromatic rings. The standard InChI is InChI=1S/C32H19NS/c1-2-8-23-20(7-1)13-14-21-15-16-22(19-27(21)23)33-28-11-5-3-10-26(28)31-29(33)18-17-25-24-9-4-6-12-30(24)34-32(25)31/h1-19H. The van der Waals surface area contributed by atoms with Crippen LogP contribution < -0.4 is 0 Å². The molecule has 0 aliphatic rings. The van der Waals surface area contributed by atoms with Gasteiger partial charge in [-0.1, -0.05) is 84.9 Å². The van der Waals surface area contributed by atoms with Crippen LogP contribution in [0.25, 0.3) is 69.2 Å². The smallest absolute Gasteiger partial charge is 0.0555 e. The van der Waals surface area contributed by atoms with Crippen molar-refractivity contribution in [1.82, 2.24) is 4.57 Å². The molecule has 6 aromatic carbocycles. The van der Waals surface area contributed by atoms with Crippen molar-refractivity contribution in [1.29, 1.82) is 0 Å². The second kappa shape index (κ2) is 6.69.